The molecule has 0 aliphatic heterocycles. The van der Waals surface area contributed by atoms with E-state index in [9.17, 15) is 22.4 Å². The largest absolute Gasteiger partial charge is 0.480 e. The van der Waals surface area contributed by atoms with Crippen molar-refractivity contribution in [3.8, 4) is 0 Å². The third-order valence-corrected chi connectivity index (χ3v) is 2.22. The minimum atomic E-state index is -4.67. The lowest BCUT2D eigenvalue weighted by Gasteiger charge is -2.18. The Hall–Kier alpha value is -1.63. The quantitative estimate of drug-likeness (QED) is 0.850. The number of halogens is 4. The lowest BCUT2D eigenvalue weighted by atomic mass is 10.1. The summed E-state index contributed by atoms with van der Waals surface area (Å²) in [6.07, 6.45) is -4.67. The van der Waals surface area contributed by atoms with E-state index >= 15 is 0 Å². The second-order valence-electron chi connectivity index (χ2n) is 3.87. The molecule has 0 aliphatic rings. The molecule has 0 heterocycles. The summed E-state index contributed by atoms with van der Waals surface area (Å²) in [5.41, 5.74) is -1.24. The van der Waals surface area contributed by atoms with Crippen molar-refractivity contribution in [2.45, 2.75) is 12.7 Å². The Bertz CT molecular complexity index is 445. The zero-order valence-corrected chi connectivity index (χ0v) is 9.46. The van der Waals surface area contributed by atoms with E-state index in [1.807, 2.05) is 0 Å². The van der Waals surface area contributed by atoms with Gasteiger partial charge in [-0.05, 0) is 24.7 Å². The van der Waals surface area contributed by atoms with Crippen molar-refractivity contribution < 1.29 is 27.5 Å². The van der Waals surface area contributed by atoms with Gasteiger partial charge in [0.2, 0.25) is 0 Å². The van der Waals surface area contributed by atoms with E-state index in [0.29, 0.717) is 6.07 Å². The highest BCUT2D eigenvalue weighted by molar-refractivity contribution is 5.69. The predicted octanol–water partition coefficient (Wildman–Crippen LogP) is 2.36. The van der Waals surface area contributed by atoms with Crippen molar-refractivity contribution in [3.63, 3.8) is 0 Å². The van der Waals surface area contributed by atoms with Crippen LogP contribution in [0.3, 0.4) is 0 Å². The van der Waals surface area contributed by atoms with E-state index in [1.165, 1.54) is 11.9 Å². The minimum absolute atomic E-state index is 0.160. The molecule has 0 radical (unpaired) electrons. The van der Waals surface area contributed by atoms with Crippen LogP contribution in [0.5, 0.6) is 0 Å². The first-order valence-corrected chi connectivity index (χ1v) is 4.96. The maximum Gasteiger partial charge on any atom is 0.416 e. The summed E-state index contributed by atoms with van der Waals surface area (Å²) >= 11 is 0. The van der Waals surface area contributed by atoms with Crippen LogP contribution in [0.25, 0.3) is 0 Å². The number of likely N-dealkylation sites (N-methyl/N-ethyl adjacent to an activating group) is 1. The van der Waals surface area contributed by atoms with Gasteiger partial charge in [0, 0.05) is 6.54 Å². The molecule has 1 rings (SSSR count). The van der Waals surface area contributed by atoms with Crippen molar-refractivity contribution >= 4 is 5.97 Å². The third kappa shape index (κ3) is 3.99. The van der Waals surface area contributed by atoms with Gasteiger partial charge < -0.3 is 5.11 Å². The fourth-order valence-electron chi connectivity index (χ4n) is 1.53. The highest BCUT2D eigenvalue weighted by Crippen LogP contribution is 2.32. The van der Waals surface area contributed by atoms with Crippen LogP contribution in [0.1, 0.15) is 11.1 Å². The molecular formula is C11H11F4NO2. The first-order valence-electron chi connectivity index (χ1n) is 4.96. The van der Waals surface area contributed by atoms with E-state index in [-0.39, 0.29) is 12.1 Å². The van der Waals surface area contributed by atoms with E-state index in [0.717, 1.165) is 12.1 Å². The van der Waals surface area contributed by atoms with Crippen LogP contribution in [0.4, 0.5) is 17.6 Å². The average Bonchev–Trinajstić information content (AvgIpc) is 2.17. The van der Waals surface area contributed by atoms with Crippen molar-refractivity contribution in [2.24, 2.45) is 0 Å². The van der Waals surface area contributed by atoms with Crippen molar-refractivity contribution in [3.05, 3.63) is 35.1 Å². The molecule has 7 heteroatoms. The Morgan fingerprint density at radius 1 is 1.39 bits per heavy atom. The number of carbonyl (C=O) groups is 1. The third-order valence-electron chi connectivity index (χ3n) is 2.22. The van der Waals surface area contributed by atoms with Crippen molar-refractivity contribution in [1.82, 2.24) is 4.90 Å². The minimum Gasteiger partial charge on any atom is -0.480 e. The lowest BCUT2D eigenvalue weighted by Crippen LogP contribution is -2.26. The van der Waals surface area contributed by atoms with Gasteiger partial charge in [-0.1, -0.05) is 6.07 Å². The SMILES string of the molecule is CN(CC(=O)O)Cc1ccc(F)cc1C(F)(F)F. The molecule has 0 unspecified atom stereocenters. The van der Waals surface area contributed by atoms with Crippen LogP contribution in [-0.4, -0.2) is 29.6 Å². The molecule has 1 N–H and O–H groups in total. The second-order valence-corrected chi connectivity index (χ2v) is 3.87. The highest BCUT2D eigenvalue weighted by atomic mass is 19.4. The van der Waals surface area contributed by atoms with Gasteiger partial charge in [-0.25, -0.2) is 4.39 Å². The highest BCUT2D eigenvalue weighted by Gasteiger charge is 2.33. The standard InChI is InChI=1S/C11H11F4NO2/c1-16(6-10(17)18)5-7-2-3-8(12)4-9(7)11(13,14)15/h2-4H,5-6H2,1H3,(H,17,18). The molecular weight excluding hydrogens is 254 g/mol. The average molecular weight is 265 g/mol. The zero-order valence-electron chi connectivity index (χ0n) is 9.46. The number of carboxylic acid groups (broad SMARTS) is 1. The van der Waals surface area contributed by atoms with E-state index in [2.05, 4.69) is 0 Å². The molecule has 18 heavy (non-hydrogen) atoms. The molecule has 1 aromatic carbocycles. The lowest BCUT2D eigenvalue weighted by molar-refractivity contribution is -0.138. The number of aliphatic carboxylic acids is 1. The molecule has 0 fully saturated rings. The molecule has 100 valence electrons. The fraction of sp³-hybridized carbons (Fsp3) is 0.364. The molecule has 0 saturated carbocycles. The summed E-state index contributed by atoms with van der Waals surface area (Å²) in [7, 11) is 1.37. The molecule has 0 bridgehead atoms. The van der Waals surface area contributed by atoms with E-state index < -0.39 is 30.1 Å². The normalized spacial score (nSPS) is 11.9. The fourth-order valence-corrected chi connectivity index (χ4v) is 1.53. The van der Waals surface area contributed by atoms with Gasteiger partial charge >= 0.3 is 12.1 Å². The van der Waals surface area contributed by atoms with Crippen molar-refractivity contribution in [2.75, 3.05) is 13.6 Å². The summed E-state index contributed by atoms with van der Waals surface area (Å²) in [6, 6.07) is 2.33. The first kappa shape index (κ1) is 14.4. The number of rotatable bonds is 4. The second kappa shape index (κ2) is 5.34. The first-order chi connectivity index (χ1) is 8.20. The summed E-state index contributed by atoms with van der Waals surface area (Å²) < 4.78 is 50.7. The Kier molecular flexibility index (Phi) is 4.28. The summed E-state index contributed by atoms with van der Waals surface area (Å²) in [4.78, 5) is 11.6. The maximum atomic E-state index is 12.8. The molecule has 0 atom stereocenters. The van der Waals surface area contributed by atoms with Gasteiger partial charge in [-0.3, -0.25) is 9.69 Å². The van der Waals surface area contributed by atoms with E-state index in [1.54, 1.807) is 0 Å². The van der Waals surface area contributed by atoms with Crippen LogP contribution >= 0.6 is 0 Å². The summed E-state index contributed by atoms with van der Waals surface area (Å²) in [6.45, 7) is -0.615. The van der Waals surface area contributed by atoms with Crippen LogP contribution in [0.15, 0.2) is 18.2 Å². The molecule has 1 aromatic rings. The summed E-state index contributed by atoms with van der Waals surface area (Å²) in [5, 5.41) is 8.51. The topological polar surface area (TPSA) is 40.5 Å². The monoisotopic (exact) mass is 265 g/mol. The van der Waals surface area contributed by atoms with Gasteiger partial charge in [0.15, 0.2) is 0 Å². The van der Waals surface area contributed by atoms with Gasteiger partial charge in [0.05, 0.1) is 12.1 Å². The Labute approximate surface area is 101 Å². The van der Waals surface area contributed by atoms with Crippen LogP contribution < -0.4 is 0 Å². The van der Waals surface area contributed by atoms with Crippen LogP contribution in [0, 0.1) is 5.82 Å². The smallest absolute Gasteiger partial charge is 0.416 e. The zero-order chi connectivity index (χ0) is 13.9. The maximum absolute atomic E-state index is 12.8. The molecule has 0 saturated heterocycles. The Balaban J connectivity index is 2.98. The number of carboxylic acids is 1. The van der Waals surface area contributed by atoms with Gasteiger partial charge in [0.1, 0.15) is 5.82 Å². The van der Waals surface area contributed by atoms with Crippen molar-refractivity contribution in [1.29, 1.82) is 0 Å². The van der Waals surface area contributed by atoms with Crippen LogP contribution in [-0.2, 0) is 17.5 Å². The Morgan fingerprint density at radius 3 is 2.50 bits per heavy atom. The number of alkyl halides is 3. The Morgan fingerprint density at radius 2 is 2.00 bits per heavy atom. The number of hydrogen-bond acceptors (Lipinski definition) is 2. The van der Waals surface area contributed by atoms with Gasteiger partial charge in [0.25, 0.3) is 0 Å². The molecule has 0 aromatic heterocycles. The molecule has 0 spiro atoms. The van der Waals surface area contributed by atoms with Gasteiger partial charge in [-0.15, -0.1) is 0 Å². The number of hydrogen-bond donors (Lipinski definition) is 1. The molecule has 0 amide bonds. The predicted molar refractivity (Wildman–Crippen MR) is 55.4 cm³/mol. The van der Waals surface area contributed by atoms with Crippen LogP contribution in [0.2, 0.25) is 0 Å². The number of benzene rings is 1. The van der Waals surface area contributed by atoms with Gasteiger partial charge in [-0.2, -0.15) is 13.2 Å². The van der Waals surface area contributed by atoms with E-state index in [4.69, 9.17) is 5.11 Å². The number of nitrogens with zero attached hydrogens (tertiary/aromatic N) is 1. The summed E-state index contributed by atoms with van der Waals surface area (Å²) in [5.74, 6) is -2.12. The molecule has 0 aliphatic carbocycles. The molecule has 3 nitrogen and oxygen atoms in total.